The van der Waals surface area contributed by atoms with Crippen molar-refractivity contribution in [3.8, 4) is 5.75 Å². The fourth-order valence-electron chi connectivity index (χ4n) is 2.46. The summed E-state index contributed by atoms with van der Waals surface area (Å²) in [6.07, 6.45) is 2.94. The van der Waals surface area contributed by atoms with E-state index >= 15 is 0 Å². The van der Waals surface area contributed by atoms with Gasteiger partial charge in [-0.3, -0.25) is 0 Å². The molecule has 0 atom stereocenters. The lowest BCUT2D eigenvalue weighted by atomic mass is 9.66. The molecule has 1 fully saturated rings. The van der Waals surface area contributed by atoms with Gasteiger partial charge in [-0.15, -0.1) is 0 Å². The van der Waals surface area contributed by atoms with Crippen LogP contribution < -0.4 is 0 Å². The summed E-state index contributed by atoms with van der Waals surface area (Å²) >= 11 is 0. The Morgan fingerprint density at radius 3 is 2.24 bits per heavy atom. The van der Waals surface area contributed by atoms with E-state index in [0.29, 0.717) is 0 Å². The fraction of sp³-hybridized carbons (Fsp3) is 0.538. The Morgan fingerprint density at radius 2 is 1.82 bits per heavy atom. The third-order valence-electron chi connectivity index (χ3n) is 3.73. The van der Waals surface area contributed by atoms with Crippen molar-refractivity contribution >= 4 is 9.84 Å². The van der Waals surface area contributed by atoms with Gasteiger partial charge in [0.05, 0.1) is 5.75 Å². The average Bonchev–Trinajstić information content (AvgIpc) is 2.25. The Hall–Kier alpha value is -1.03. The van der Waals surface area contributed by atoms with Crippen LogP contribution in [-0.4, -0.2) is 25.0 Å². The molecule has 0 radical (unpaired) electrons. The van der Waals surface area contributed by atoms with E-state index in [0.717, 1.165) is 24.8 Å². The molecule has 0 aromatic heterocycles. The van der Waals surface area contributed by atoms with E-state index in [-0.39, 0.29) is 22.7 Å². The summed E-state index contributed by atoms with van der Waals surface area (Å²) < 4.78 is 23.6. The van der Waals surface area contributed by atoms with E-state index in [2.05, 4.69) is 0 Å². The Balaban J connectivity index is 2.29. The Kier molecular flexibility index (Phi) is 3.17. The van der Waals surface area contributed by atoms with Crippen LogP contribution in [0.5, 0.6) is 5.75 Å². The van der Waals surface area contributed by atoms with Crippen LogP contribution in [0, 0.1) is 0 Å². The molecule has 0 heterocycles. The van der Waals surface area contributed by atoms with Gasteiger partial charge in [0.15, 0.2) is 9.84 Å². The van der Waals surface area contributed by atoms with Crippen molar-refractivity contribution in [3.05, 3.63) is 29.8 Å². The summed E-state index contributed by atoms with van der Waals surface area (Å²) in [4.78, 5) is 0. The van der Waals surface area contributed by atoms with Gasteiger partial charge in [0.25, 0.3) is 0 Å². The first kappa shape index (κ1) is 12.4. The van der Waals surface area contributed by atoms with Gasteiger partial charge in [-0.2, -0.15) is 0 Å². The van der Waals surface area contributed by atoms with Gasteiger partial charge in [-0.05, 0) is 30.5 Å². The number of hydrogen-bond acceptors (Lipinski definition) is 3. The van der Waals surface area contributed by atoms with E-state index in [4.69, 9.17) is 0 Å². The molecule has 1 saturated carbocycles. The highest BCUT2D eigenvalue weighted by atomic mass is 32.2. The van der Waals surface area contributed by atoms with Crippen LogP contribution in [0.2, 0.25) is 0 Å². The lowest BCUT2D eigenvalue weighted by molar-refractivity contribution is 0.274. The van der Waals surface area contributed by atoms with Crippen LogP contribution >= 0.6 is 0 Å². The number of benzene rings is 1. The molecule has 3 nitrogen and oxygen atoms in total. The summed E-state index contributed by atoms with van der Waals surface area (Å²) in [6, 6.07) is 6.96. The highest BCUT2D eigenvalue weighted by molar-refractivity contribution is 7.91. The molecule has 0 spiro atoms. The zero-order chi connectivity index (χ0) is 12.5. The molecule has 0 aliphatic heterocycles. The van der Waals surface area contributed by atoms with E-state index in [9.17, 15) is 13.5 Å². The Bertz CT molecular complexity index is 484. The molecule has 94 valence electrons. The minimum atomic E-state index is -2.96. The second-order valence-corrected chi connectivity index (χ2v) is 7.21. The van der Waals surface area contributed by atoms with Gasteiger partial charge in [0, 0.05) is 11.2 Å². The zero-order valence-corrected chi connectivity index (χ0v) is 10.8. The predicted octanol–water partition coefficient (Wildman–Crippen LogP) is 2.25. The highest BCUT2D eigenvalue weighted by Crippen LogP contribution is 2.45. The highest BCUT2D eigenvalue weighted by Gasteiger charge is 2.41. The topological polar surface area (TPSA) is 54.4 Å². The summed E-state index contributed by atoms with van der Waals surface area (Å²) in [5.41, 5.74) is 0.835. The van der Waals surface area contributed by atoms with Crippen molar-refractivity contribution in [2.45, 2.75) is 31.6 Å². The molecule has 1 aliphatic carbocycles. The van der Waals surface area contributed by atoms with Gasteiger partial charge >= 0.3 is 0 Å². The lowest BCUT2D eigenvalue weighted by Crippen LogP contribution is -2.41. The molecule has 0 unspecified atom stereocenters. The van der Waals surface area contributed by atoms with Gasteiger partial charge < -0.3 is 5.11 Å². The molecule has 1 aliphatic rings. The average molecular weight is 254 g/mol. The fourth-order valence-corrected chi connectivity index (χ4v) is 3.96. The molecule has 1 N–H and O–H groups in total. The van der Waals surface area contributed by atoms with Crippen molar-refractivity contribution in [2.24, 2.45) is 0 Å². The summed E-state index contributed by atoms with van der Waals surface area (Å²) in [6.45, 7) is 1.69. The van der Waals surface area contributed by atoms with Gasteiger partial charge in [-0.1, -0.05) is 25.5 Å². The molecule has 1 aromatic rings. The number of phenolic OH excluding ortho intramolecular Hbond substituents is 1. The zero-order valence-electron chi connectivity index (χ0n) is 10.0. The monoisotopic (exact) mass is 254 g/mol. The van der Waals surface area contributed by atoms with Gasteiger partial charge in [0.1, 0.15) is 5.75 Å². The first-order valence-corrected chi connectivity index (χ1v) is 7.79. The SMILES string of the molecule is CCS(=O)(=O)CC1(c2ccc(O)cc2)CCC1. The van der Waals surface area contributed by atoms with Crippen LogP contribution in [0.15, 0.2) is 24.3 Å². The maximum Gasteiger partial charge on any atom is 0.150 e. The number of rotatable bonds is 4. The van der Waals surface area contributed by atoms with E-state index in [1.165, 1.54) is 0 Å². The van der Waals surface area contributed by atoms with Crippen LogP contribution in [-0.2, 0) is 15.3 Å². The molecule has 0 saturated heterocycles. The maximum absolute atomic E-state index is 11.8. The first-order valence-electron chi connectivity index (χ1n) is 5.97. The predicted molar refractivity (Wildman–Crippen MR) is 68.0 cm³/mol. The number of hydrogen-bond donors (Lipinski definition) is 1. The van der Waals surface area contributed by atoms with Crippen molar-refractivity contribution in [1.29, 1.82) is 0 Å². The quantitative estimate of drug-likeness (QED) is 0.896. The minimum Gasteiger partial charge on any atom is -0.508 e. The van der Waals surface area contributed by atoms with Crippen LogP contribution in [0.4, 0.5) is 0 Å². The van der Waals surface area contributed by atoms with E-state index < -0.39 is 9.84 Å². The lowest BCUT2D eigenvalue weighted by Gasteiger charge is -2.42. The second-order valence-electron chi connectivity index (χ2n) is 4.86. The largest absolute Gasteiger partial charge is 0.508 e. The van der Waals surface area contributed by atoms with Crippen molar-refractivity contribution in [2.75, 3.05) is 11.5 Å². The summed E-state index contributed by atoms with van der Waals surface area (Å²) in [5.74, 6) is 0.662. The van der Waals surface area contributed by atoms with Gasteiger partial charge in [0.2, 0.25) is 0 Å². The van der Waals surface area contributed by atoms with E-state index in [1.54, 1.807) is 19.1 Å². The number of sulfone groups is 1. The van der Waals surface area contributed by atoms with Crippen molar-refractivity contribution in [3.63, 3.8) is 0 Å². The van der Waals surface area contributed by atoms with Crippen LogP contribution in [0.1, 0.15) is 31.7 Å². The van der Waals surface area contributed by atoms with Gasteiger partial charge in [-0.25, -0.2) is 8.42 Å². The molecule has 2 rings (SSSR count). The third kappa shape index (κ3) is 2.46. The normalized spacial score (nSPS) is 18.6. The molecule has 4 heteroatoms. The Labute approximate surface area is 102 Å². The second kappa shape index (κ2) is 4.33. The van der Waals surface area contributed by atoms with Crippen molar-refractivity contribution < 1.29 is 13.5 Å². The molecular formula is C13H18O3S. The molecule has 1 aromatic carbocycles. The first-order chi connectivity index (χ1) is 7.97. The molecular weight excluding hydrogens is 236 g/mol. The molecule has 17 heavy (non-hydrogen) atoms. The van der Waals surface area contributed by atoms with Crippen LogP contribution in [0.25, 0.3) is 0 Å². The van der Waals surface area contributed by atoms with E-state index in [1.807, 2.05) is 12.1 Å². The summed E-state index contributed by atoms with van der Waals surface area (Å²) in [5, 5.41) is 9.27. The summed E-state index contributed by atoms with van der Waals surface area (Å²) in [7, 11) is -2.96. The maximum atomic E-state index is 11.8. The Morgan fingerprint density at radius 1 is 1.24 bits per heavy atom. The number of aromatic hydroxyl groups is 1. The van der Waals surface area contributed by atoms with Crippen LogP contribution in [0.3, 0.4) is 0 Å². The molecule has 0 amide bonds. The minimum absolute atomic E-state index is 0.201. The third-order valence-corrected chi connectivity index (χ3v) is 5.60. The molecule has 0 bridgehead atoms. The number of phenols is 1. The smallest absolute Gasteiger partial charge is 0.150 e. The van der Waals surface area contributed by atoms with Crippen molar-refractivity contribution in [1.82, 2.24) is 0 Å². The standard InChI is InChI=1S/C13H18O3S/c1-2-17(15,16)10-13(8-3-9-13)11-4-6-12(14)7-5-11/h4-7,14H,2-3,8-10H2,1H3.